The van der Waals surface area contributed by atoms with Gasteiger partial charge >= 0.3 is 5.97 Å². The van der Waals surface area contributed by atoms with Crippen molar-refractivity contribution in [1.29, 1.82) is 0 Å². The summed E-state index contributed by atoms with van der Waals surface area (Å²) in [4.78, 5) is 14.5. The molecule has 0 amide bonds. The minimum atomic E-state index is -0.193. The van der Waals surface area contributed by atoms with Gasteiger partial charge in [0.25, 0.3) is 0 Å². The van der Waals surface area contributed by atoms with Gasteiger partial charge in [-0.25, -0.2) is 4.79 Å². The molecule has 1 aliphatic rings. The molecule has 0 unspecified atom stereocenters. The molecule has 13 heavy (non-hydrogen) atoms. The second kappa shape index (κ2) is 3.24. The number of nitrogens with one attached hydrogen (secondary N) is 1. The van der Waals surface area contributed by atoms with E-state index >= 15 is 0 Å². The molecular weight excluding hydrogens is 166 g/mol. The summed E-state index contributed by atoms with van der Waals surface area (Å²) in [5.41, 5.74) is 3.11. The van der Waals surface area contributed by atoms with Gasteiger partial charge in [0.05, 0.1) is 12.2 Å². The first kappa shape index (κ1) is 8.35. The molecule has 0 saturated heterocycles. The molecule has 3 heteroatoms. The van der Waals surface area contributed by atoms with Crippen molar-refractivity contribution in [3.05, 3.63) is 23.0 Å². The van der Waals surface area contributed by atoms with Crippen molar-refractivity contribution in [3.8, 4) is 0 Å². The molecule has 1 aliphatic carbocycles. The number of esters is 1. The fourth-order valence-electron chi connectivity index (χ4n) is 1.84. The first-order valence-corrected chi connectivity index (χ1v) is 4.69. The molecule has 1 aromatic heterocycles. The van der Waals surface area contributed by atoms with Crippen LogP contribution in [0.15, 0.2) is 6.20 Å². The number of H-pyrrole nitrogens is 1. The maximum Gasteiger partial charge on any atom is 0.339 e. The zero-order valence-corrected chi connectivity index (χ0v) is 7.72. The highest BCUT2D eigenvalue weighted by Gasteiger charge is 2.21. The molecule has 1 N–H and O–H groups in total. The lowest BCUT2D eigenvalue weighted by atomic mass is 10.1. The molecule has 2 rings (SSSR count). The molecule has 3 nitrogen and oxygen atoms in total. The van der Waals surface area contributed by atoms with Gasteiger partial charge in [-0.05, 0) is 31.7 Å². The van der Waals surface area contributed by atoms with E-state index in [1.807, 2.05) is 6.92 Å². The predicted molar refractivity (Wildman–Crippen MR) is 48.8 cm³/mol. The van der Waals surface area contributed by atoms with Crippen LogP contribution in [-0.4, -0.2) is 17.6 Å². The van der Waals surface area contributed by atoms with Crippen LogP contribution in [0.5, 0.6) is 0 Å². The lowest BCUT2D eigenvalue weighted by Gasteiger charge is -2.00. The summed E-state index contributed by atoms with van der Waals surface area (Å²) in [6.45, 7) is 2.27. The maximum atomic E-state index is 11.4. The van der Waals surface area contributed by atoms with Gasteiger partial charge in [0.1, 0.15) is 0 Å². The Kier molecular flexibility index (Phi) is 2.08. The van der Waals surface area contributed by atoms with Crippen molar-refractivity contribution in [2.24, 2.45) is 0 Å². The summed E-state index contributed by atoms with van der Waals surface area (Å²) in [5, 5.41) is 0. The third kappa shape index (κ3) is 1.34. The number of aromatic amines is 1. The predicted octanol–water partition coefficient (Wildman–Crippen LogP) is 1.68. The van der Waals surface area contributed by atoms with Gasteiger partial charge in [-0.1, -0.05) is 0 Å². The minimum absolute atomic E-state index is 0.193. The van der Waals surface area contributed by atoms with Crippen molar-refractivity contribution in [2.45, 2.75) is 26.2 Å². The van der Waals surface area contributed by atoms with E-state index in [1.165, 1.54) is 11.3 Å². The largest absolute Gasteiger partial charge is 0.462 e. The van der Waals surface area contributed by atoms with Crippen LogP contribution >= 0.6 is 0 Å². The van der Waals surface area contributed by atoms with Gasteiger partial charge in [-0.3, -0.25) is 0 Å². The standard InChI is InChI=1S/C10H13NO2/c1-2-13-10(12)8-6-11-9-5-3-4-7(8)9/h6,11H,2-5H2,1H3. The van der Waals surface area contributed by atoms with Crippen molar-refractivity contribution in [2.75, 3.05) is 6.61 Å². The Balaban J connectivity index is 2.26. The Morgan fingerprint density at radius 1 is 1.62 bits per heavy atom. The zero-order valence-electron chi connectivity index (χ0n) is 7.72. The van der Waals surface area contributed by atoms with Crippen molar-refractivity contribution in [1.82, 2.24) is 4.98 Å². The Bertz CT molecular complexity index is 328. The molecule has 0 radical (unpaired) electrons. The highest BCUT2D eigenvalue weighted by Crippen LogP contribution is 2.24. The van der Waals surface area contributed by atoms with Gasteiger partial charge in [0.15, 0.2) is 0 Å². The van der Waals surface area contributed by atoms with Crippen LogP contribution in [-0.2, 0) is 17.6 Å². The monoisotopic (exact) mass is 179 g/mol. The van der Waals surface area contributed by atoms with Crippen LogP contribution in [0.25, 0.3) is 0 Å². The average Bonchev–Trinajstić information content (AvgIpc) is 2.62. The van der Waals surface area contributed by atoms with Gasteiger partial charge in [-0.2, -0.15) is 0 Å². The van der Waals surface area contributed by atoms with Gasteiger partial charge < -0.3 is 9.72 Å². The molecule has 70 valence electrons. The van der Waals surface area contributed by atoms with Crippen molar-refractivity contribution < 1.29 is 9.53 Å². The molecule has 0 saturated carbocycles. The average molecular weight is 179 g/mol. The molecule has 0 spiro atoms. The smallest absolute Gasteiger partial charge is 0.339 e. The van der Waals surface area contributed by atoms with Crippen molar-refractivity contribution >= 4 is 5.97 Å². The van der Waals surface area contributed by atoms with Gasteiger partial charge in [-0.15, -0.1) is 0 Å². The van der Waals surface area contributed by atoms with E-state index in [0.717, 1.165) is 24.8 Å². The number of rotatable bonds is 2. The van der Waals surface area contributed by atoms with E-state index < -0.39 is 0 Å². The second-order valence-electron chi connectivity index (χ2n) is 3.23. The first-order valence-electron chi connectivity index (χ1n) is 4.69. The molecular formula is C10H13NO2. The molecule has 0 fully saturated rings. The Morgan fingerprint density at radius 2 is 2.46 bits per heavy atom. The first-order chi connectivity index (χ1) is 6.33. The number of fused-ring (bicyclic) bond motifs is 1. The number of aromatic nitrogens is 1. The van der Waals surface area contributed by atoms with Crippen LogP contribution in [0.2, 0.25) is 0 Å². The Hall–Kier alpha value is -1.25. The number of aryl methyl sites for hydroxylation is 1. The summed E-state index contributed by atoms with van der Waals surface area (Å²) in [6.07, 6.45) is 4.98. The maximum absolute atomic E-state index is 11.4. The summed E-state index contributed by atoms with van der Waals surface area (Å²) >= 11 is 0. The SMILES string of the molecule is CCOC(=O)c1c[nH]c2c1CCC2. The number of ether oxygens (including phenoxy) is 1. The summed E-state index contributed by atoms with van der Waals surface area (Å²) in [5.74, 6) is -0.193. The van der Waals surface area contributed by atoms with E-state index in [2.05, 4.69) is 4.98 Å². The Morgan fingerprint density at radius 3 is 3.23 bits per heavy atom. The fourth-order valence-corrected chi connectivity index (χ4v) is 1.84. The van der Waals surface area contributed by atoms with E-state index in [9.17, 15) is 4.79 Å². The van der Waals surface area contributed by atoms with Crippen LogP contribution < -0.4 is 0 Å². The van der Waals surface area contributed by atoms with Crippen LogP contribution in [0.1, 0.15) is 35.0 Å². The summed E-state index contributed by atoms with van der Waals surface area (Å²) in [6, 6.07) is 0. The molecule has 0 aliphatic heterocycles. The Labute approximate surface area is 77.1 Å². The minimum Gasteiger partial charge on any atom is -0.462 e. The van der Waals surface area contributed by atoms with Gasteiger partial charge in [0, 0.05) is 11.9 Å². The zero-order chi connectivity index (χ0) is 9.26. The molecule has 1 aromatic rings. The van der Waals surface area contributed by atoms with Crippen LogP contribution in [0.3, 0.4) is 0 Å². The van der Waals surface area contributed by atoms with E-state index in [-0.39, 0.29) is 5.97 Å². The van der Waals surface area contributed by atoms with Gasteiger partial charge in [0.2, 0.25) is 0 Å². The van der Waals surface area contributed by atoms with E-state index in [1.54, 1.807) is 6.20 Å². The summed E-state index contributed by atoms with van der Waals surface area (Å²) < 4.78 is 4.95. The lowest BCUT2D eigenvalue weighted by Crippen LogP contribution is -2.05. The topological polar surface area (TPSA) is 42.1 Å². The third-order valence-electron chi connectivity index (χ3n) is 2.43. The number of carbonyl (C=O) groups is 1. The van der Waals surface area contributed by atoms with E-state index in [0.29, 0.717) is 6.61 Å². The highest BCUT2D eigenvalue weighted by molar-refractivity contribution is 5.91. The highest BCUT2D eigenvalue weighted by atomic mass is 16.5. The molecule has 0 aromatic carbocycles. The number of carbonyl (C=O) groups excluding carboxylic acids is 1. The number of hydrogen-bond donors (Lipinski definition) is 1. The lowest BCUT2D eigenvalue weighted by molar-refractivity contribution is 0.0525. The van der Waals surface area contributed by atoms with E-state index in [4.69, 9.17) is 4.74 Å². The summed E-state index contributed by atoms with van der Waals surface area (Å²) in [7, 11) is 0. The normalized spacial score (nSPS) is 14.2. The van der Waals surface area contributed by atoms with Crippen molar-refractivity contribution in [3.63, 3.8) is 0 Å². The van der Waals surface area contributed by atoms with Crippen LogP contribution in [0.4, 0.5) is 0 Å². The second-order valence-corrected chi connectivity index (χ2v) is 3.23. The quantitative estimate of drug-likeness (QED) is 0.702. The third-order valence-corrected chi connectivity index (χ3v) is 2.43. The van der Waals surface area contributed by atoms with Crippen LogP contribution in [0, 0.1) is 0 Å². The molecule has 0 bridgehead atoms. The molecule has 1 heterocycles. The molecule has 0 atom stereocenters. The number of hydrogen-bond acceptors (Lipinski definition) is 2. The fraction of sp³-hybridized carbons (Fsp3) is 0.500.